The molecule has 0 aliphatic carbocycles. The number of nitrogens with one attached hydrogen (secondary N) is 1. The molecule has 2 aromatic carbocycles. The third-order valence-corrected chi connectivity index (χ3v) is 6.28. The summed E-state index contributed by atoms with van der Waals surface area (Å²) in [7, 11) is 3.03. The highest BCUT2D eigenvalue weighted by Crippen LogP contribution is 2.40. The molecule has 0 atom stereocenters. The molecule has 1 fully saturated rings. The van der Waals surface area contributed by atoms with E-state index in [-0.39, 0.29) is 11.6 Å². The summed E-state index contributed by atoms with van der Waals surface area (Å²) in [5.41, 5.74) is 1.45. The Morgan fingerprint density at radius 3 is 2.56 bits per heavy atom. The van der Waals surface area contributed by atoms with Crippen LogP contribution >= 0.6 is 15.9 Å². The van der Waals surface area contributed by atoms with Gasteiger partial charge < -0.3 is 19.5 Å². The van der Waals surface area contributed by atoms with E-state index in [0.717, 1.165) is 28.5 Å². The van der Waals surface area contributed by atoms with Crippen LogP contribution in [-0.2, 0) is 6.67 Å². The number of carbonyl (C=O) groups excluding carboxylic acids is 1. The average molecular weight is 502 g/mol. The van der Waals surface area contributed by atoms with Crippen molar-refractivity contribution in [2.75, 3.05) is 27.3 Å². The van der Waals surface area contributed by atoms with Gasteiger partial charge in [0, 0.05) is 15.4 Å². The number of azo groups is 1. The number of aromatic hydroxyl groups is 1. The highest BCUT2D eigenvalue weighted by atomic mass is 79.9. The molecule has 1 aromatic heterocycles. The Balaban J connectivity index is 1.67. The van der Waals surface area contributed by atoms with Crippen molar-refractivity contribution >= 4 is 38.4 Å². The Morgan fingerprint density at radius 1 is 1.09 bits per heavy atom. The first-order valence-electron chi connectivity index (χ1n) is 10.5. The fourth-order valence-corrected chi connectivity index (χ4v) is 4.47. The zero-order valence-corrected chi connectivity index (χ0v) is 19.7. The van der Waals surface area contributed by atoms with E-state index in [1.807, 2.05) is 22.8 Å². The number of hydrogen-bond donors (Lipinski definition) is 2. The highest BCUT2D eigenvalue weighted by molar-refractivity contribution is 9.10. The van der Waals surface area contributed by atoms with Crippen molar-refractivity contribution < 1.29 is 24.3 Å². The van der Waals surface area contributed by atoms with Gasteiger partial charge >= 0.3 is 0 Å². The summed E-state index contributed by atoms with van der Waals surface area (Å²) in [4.78, 5) is 14.1. The van der Waals surface area contributed by atoms with Gasteiger partial charge in [-0.3, -0.25) is 9.36 Å². The molecule has 0 saturated carbocycles. The summed E-state index contributed by atoms with van der Waals surface area (Å²) in [5, 5.41) is 19.8. The fraction of sp³-hybridized carbons (Fsp3) is 0.348. The van der Waals surface area contributed by atoms with Crippen molar-refractivity contribution in [2.45, 2.75) is 25.9 Å². The number of fused-ring (bicyclic) bond motifs is 1. The molecule has 4 rings (SSSR count). The first kappa shape index (κ1) is 22.3. The number of methoxy groups -OCH3 is 2. The maximum Gasteiger partial charge on any atom is 0.295 e. The van der Waals surface area contributed by atoms with Gasteiger partial charge in [-0.1, -0.05) is 15.9 Å². The van der Waals surface area contributed by atoms with E-state index in [2.05, 4.69) is 26.2 Å². The largest absolute Gasteiger partial charge is 0.493 e. The van der Waals surface area contributed by atoms with Crippen LogP contribution < -0.4 is 14.4 Å². The molecular formula is C23H26BrN4O4+. The Labute approximate surface area is 194 Å². The lowest BCUT2D eigenvalue weighted by Gasteiger charge is -2.24. The Bertz CT molecular complexity index is 1170. The normalized spacial score (nSPS) is 14.8. The first-order chi connectivity index (χ1) is 15.5. The molecule has 2 heterocycles. The molecule has 3 aromatic rings. The van der Waals surface area contributed by atoms with Gasteiger partial charge in [0.2, 0.25) is 5.88 Å². The highest BCUT2D eigenvalue weighted by Gasteiger charge is 2.22. The second-order valence-electron chi connectivity index (χ2n) is 7.81. The van der Waals surface area contributed by atoms with Gasteiger partial charge in [0.25, 0.3) is 5.91 Å². The van der Waals surface area contributed by atoms with Crippen molar-refractivity contribution in [1.29, 1.82) is 0 Å². The zero-order chi connectivity index (χ0) is 22.7. The SMILES string of the molecule is COc1ccc(C(=O)N=Nc2c(O)n(C[NH+]3CCCCC3)c3ccc(Br)cc23)cc1OC. The number of piperidine rings is 1. The summed E-state index contributed by atoms with van der Waals surface area (Å²) in [6, 6.07) is 10.6. The summed E-state index contributed by atoms with van der Waals surface area (Å²) >= 11 is 3.48. The number of nitrogens with zero attached hydrogens (tertiary/aromatic N) is 3. The molecule has 1 aliphatic heterocycles. The maximum atomic E-state index is 12.7. The smallest absolute Gasteiger partial charge is 0.295 e. The van der Waals surface area contributed by atoms with Crippen molar-refractivity contribution in [1.82, 2.24) is 4.57 Å². The number of quaternary nitrogens is 1. The lowest BCUT2D eigenvalue weighted by molar-refractivity contribution is -0.927. The maximum absolute atomic E-state index is 12.7. The monoisotopic (exact) mass is 501 g/mol. The van der Waals surface area contributed by atoms with E-state index in [1.165, 1.54) is 38.4 Å². The Morgan fingerprint density at radius 2 is 1.84 bits per heavy atom. The van der Waals surface area contributed by atoms with E-state index in [9.17, 15) is 9.90 Å². The van der Waals surface area contributed by atoms with E-state index < -0.39 is 5.91 Å². The van der Waals surface area contributed by atoms with Crippen LogP contribution in [0.2, 0.25) is 0 Å². The van der Waals surface area contributed by atoms with Gasteiger partial charge in [0.1, 0.15) is 0 Å². The lowest BCUT2D eigenvalue weighted by atomic mass is 10.1. The molecule has 1 amide bonds. The molecule has 0 spiro atoms. The molecule has 1 aliphatic rings. The van der Waals surface area contributed by atoms with Crippen LogP contribution in [0.1, 0.15) is 29.6 Å². The fourth-order valence-electron chi connectivity index (χ4n) is 4.11. The van der Waals surface area contributed by atoms with E-state index in [4.69, 9.17) is 9.47 Å². The Hall–Kier alpha value is -2.91. The van der Waals surface area contributed by atoms with Crippen molar-refractivity contribution in [3.8, 4) is 17.4 Å². The first-order valence-corrected chi connectivity index (χ1v) is 11.3. The standard InChI is InChI=1S/C23H25BrN4O4/c1-31-19-9-6-15(12-20(19)32-2)22(29)26-25-21-17-13-16(24)7-8-18(17)28(23(21)30)14-27-10-4-3-5-11-27/h6-9,12-13,30H,3-5,10-11,14H2,1-2H3/p+1. The van der Waals surface area contributed by atoms with Crippen LogP contribution in [0, 0.1) is 0 Å². The molecule has 8 nitrogen and oxygen atoms in total. The number of benzene rings is 2. The number of rotatable bonds is 6. The number of carbonyl (C=O) groups is 1. The average Bonchev–Trinajstić information content (AvgIpc) is 3.07. The number of aromatic nitrogens is 1. The molecule has 168 valence electrons. The minimum absolute atomic E-state index is 0.0139. The number of halogens is 1. The summed E-state index contributed by atoms with van der Waals surface area (Å²) in [5.74, 6) is 0.427. The van der Waals surface area contributed by atoms with Crippen molar-refractivity contribution in [2.24, 2.45) is 10.2 Å². The summed E-state index contributed by atoms with van der Waals surface area (Å²) in [6.07, 6.45) is 3.63. The van der Waals surface area contributed by atoms with Crippen LogP contribution in [0.25, 0.3) is 10.9 Å². The Kier molecular flexibility index (Phi) is 6.76. The van der Waals surface area contributed by atoms with Gasteiger partial charge in [0.05, 0.1) is 32.8 Å². The second-order valence-corrected chi connectivity index (χ2v) is 8.72. The molecular weight excluding hydrogens is 476 g/mol. The molecule has 0 bridgehead atoms. The van der Waals surface area contributed by atoms with E-state index in [0.29, 0.717) is 23.7 Å². The van der Waals surface area contributed by atoms with Gasteiger partial charge in [0.15, 0.2) is 23.9 Å². The van der Waals surface area contributed by atoms with Crippen molar-refractivity contribution in [3.05, 3.63) is 46.4 Å². The van der Waals surface area contributed by atoms with Crippen LogP contribution in [0.15, 0.2) is 51.1 Å². The third-order valence-electron chi connectivity index (χ3n) is 5.79. The van der Waals surface area contributed by atoms with E-state index >= 15 is 0 Å². The predicted octanol–water partition coefficient (Wildman–Crippen LogP) is 4.08. The molecule has 1 saturated heterocycles. The predicted molar refractivity (Wildman–Crippen MR) is 124 cm³/mol. The molecule has 32 heavy (non-hydrogen) atoms. The van der Waals surface area contributed by atoms with Gasteiger partial charge in [-0.2, -0.15) is 0 Å². The van der Waals surface area contributed by atoms with E-state index in [1.54, 1.807) is 18.2 Å². The lowest BCUT2D eigenvalue weighted by Crippen LogP contribution is -3.12. The number of ether oxygens (including phenoxy) is 2. The number of amides is 1. The molecule has 2 N–H and O–H groups in total. The zero-order valence-electron chi connectivity index (χ0n) is 18.1. The summed E-state index contributed by atoms with van der Waals surface area (Å²) < 4.78 is 13.2. The van der Waals surface area contributed by atoms with Gasteiger partial charge in [-0.15, -0.1) is 10.2 Å². The van der Waals surface area contributed by atoms with Crippen LogP contribution in [0.4, 0.5) is 5.69 Å². The molecule has 9 heteroatoms. The van der Waals surface area contributed by atoms with Crippen LogP contribution in [-0.4, -0.2) is 42.9 Å². The molecule has 0 radical (unpaired) electrons. The minimum atomic E-state index is -0.539. The second kappa shape index (κ2) is 9.70. The van der Waals surface area contributed by atoms with Crippen LogP contribution in [0.3, 0.4) is 0 Å². The van der Waals surface area contributed by atoms with Crippen LogP contribution in [0.5, 0.6) is 17.4 Å². The number of likely N-dealkylation sites (tertiary alicyclic amines) is 1. The topological polar surface area (TPSA) is 89.9 Å². The number of hydrogen-bond acceptors (Lipinski definition) is 5. The molecule has 0 unspecified atom stereocenters. The third kappa shape index (κ3) is 4.49. The quantitative estimate of drug-likeness (QED) is 0.498. The summed E-state index contributed by atoms with van der Waals surface area (Å²) in [6.45, 7) is 2.79. The minimum Gasteiger partial charge on any atom is -0.493 e. The van der Waals surface area contributed by atoms with Crippen molar-refractivity contribution in [3.63, 3.8) is 0 Å². The van der Waals surface area contributed by atoms with Gasteiger partial charge in [-0.05, 0) is 55.7 Å². The van der Waals surface area contributed by atoms with Gasteiger partial charge in [-0.25, -0.2) is 0 Å².